The Kier molecular flexibility index (Phi) is 3.71. The van der Waals surface area contributed by atoms with Gasteiger partial charge in [-0.2, -0.15) is 13.2 Å². The van der Waals surface area contributed by atoms with Crippen molar-refractivity contribution in [3.05, 3.63) is 47.5 Å². The highest BCUT2D eigenvalue weighted by atomic mass is 32.2. The number of nitrogens with zero attached hydrogens (tertiary/aromatic N) is 1. The second kappa shape index (κ2) is 5.38. The van der Waals surface area contributed by atoms with Crippen LogP contribution in [0, 0.1) is 5.92 Å². The highest BCUT2D eigenvalue weighted by Gasteiger charge is 2.34. The molecule has 3 rings (SSSR count). The Morgan fingerprint density at radius 1 is 1.38 bits per heavy atom. The summed E-state index contributed by atoms with van der Waals surface area (Å²) in [6, 6.07) is 3.52. The van der Waals surface area contributed by atoms with Gasteiger partial charge < -0.3 is 10.1 Å². The van der Waals surface area contributed by atoms with Gasteiger partial charge in [-0.15, -0.1) is 11.8 Å². The minimum Gasteiger partial charge on any atom is -0.388 e. The molecule has 2 heterocycles. The summed E-state index contributed by atoms with van der Waals surface area (Å²) in [7, 11) is 0. The van der Waals surface area contributed by atoms with Crippen LogP contribution < -0.4 is 0 Å². The predicted octanol–water partition coefficient (Wildman–Crippen LogP) is 3.43. The van der Waals surface area contributed by atoms with Crippen molar-refractivity contribution in [1.82, 2.24) is 9.97 Å². The van der Waals surface area contributed by atoms with Crippen LogP contribution in [-0.2, 0) is 12.6 Å². The van der Waals surface area contributed by atoms with E-state index in [9.17, 15) is 18.3 Å². The van der Waals surface area contributed by atoms with Gasteiger partial charge in [0, 0.05) is 35.4 Å². The maximum absolute atomic E-state index is 12.7. The minimum atomic E-state index is -4.36. The number of aromatic nitrogens is 2. The monoisotopic (exact) mass is 314 g/mol. The molecule has 2 N–H and O–H groups in total. The minimum absolute atomic E-state index is 0.0645. The van der Waals surface area contributed by atoms with Crippen molar-refractivity contribution in [2.75, 3.05) is 5.75 Å². The SMILES string of the molecule is O[C@@H]1c2ccc(C(F)(F)F)cc2SC[C@H]1Cc1ncc[nH]1. The Balaban J connectivity index is 1.83. The van der Waals surface area contributed by atoms with E-state index in [1.54, 1.807) is 12.4 Å². The maximum Gasteiger partial charge on any atom is 0.416 e. The molecule has 0 spiro atoms. The van der Waals surface area contributed by atoms with Gasteiger partial charge in [-0.1, -0.05) is 6.07 Å². The van der Waals surface area contributed by atoms with E-state index in [1.807, 2.05) is 0 Å². The lowest BCUT2D eigenvalue weighted by Crippen LogP contribution is -2.23. The summed E-state index contributed by atoms with van der Waals surface area (Å²) in [6.07, 6.45) is -1.20. The Morgan fingerprint density at radius 2 is 2.19 bits per heavy atom. The summed E-state index contributed by atoms with van der Waals surface area (Å²) < 4.78 is 38.1. The number of fused-ring (bicyclic) bond motifs is 1. The number of nitrogens with one attached hydrogen (secondary N) is 1. The fraction of sp³-hybridized carbons (Fsp3) is 0.357. The number of benzene rings is 1. The number of hydrogen-bond acceptors (Lipinski definition) is 3. The molecule has 0 saturated carbocycles. The molecule has 1 aliphatic heterocycles. The standard InChI is InChI=1S/C14H13F3N2OS/c15-14(16,17)9-1-2-10-11(6-9)21-7-8(13(10)20)5-12-18-3-4-19-12/h1-4,6,8,13,20H,5,7H2,(H,18,19)/t8-,13+/m1/s1. The van der Waals surface area contributed by atoms with Crippen LogP contribution in [0.2, 0.25) is 0 Å². The number of aromatic amines is 1. The van der Waals surface area contributed by atoms with E-state index >= 15 is 0 Å². The van der Waals surface area contributed by atoms with Crippen molar-refractivity contribution < 1.29 is 18.3 Å². The maximum atomic E-state index is 12.7. The summed E-state index contributed by atoms with van der Waals surface area (Å²) in [6.45, 7) is 0. The molecule has 0 amide bonds. The molecule has 0 radical (unpaired) electrons. The van der Waals surface area contributed by atoms with E-state index in [1.165, 1.54) is 17.8 Å². The molecular formula is C14H13F3N2OS. The molecule has 7 heteroatoms. The van der Waals surface area contributed by atoms with Gasteiger partial charge in [0.1, 0.15) is 5.82 Å². The van der Waals surface area contributed by atoms with Crippen LogP contribution in [0.1, 0.15) is 23.1 Å². The van der Waals surface area contributed by atoms with Gasteiger partial charge in [0.25, 0.3) is 0 Å². The quantitative estimate of drug-likeness (QED) is 0.893. The lowest BCUT2D eigenvalue weighted by Gasteiger charge is -2.29. The molecule has 1 aromatic heterocycles. The van der Waals surface area contributed by atoms with Crippen LogP contribution in [-0.4, -0.2) is 20.8 Å². The number of H-pyrrole nitrogens is 1. The van der Waals surface area contributed by atoms with Crippen molar-refractivity contribution in [3.63, 3.8) is 0 Å². The lowest BCUT2D eigenvalue weighted by atomic mass is 9.93. The normalized spacial score (nSPS) is 22.1. The first-order chi connectivity index (χ1) is 9.95. The summed E-state index contributed by atoms with van der Waals surface area (Å²) in [5.74, 6) is 1.27. The number of aliphatic hydroxyl groups is 1. The smallest absolute Gasteiger partial charge is 0.388 e. The van der Waals surface area contributed by atoms with Gasteiger partial charge in [-0.05, 0) is 17.7 Å². The van der Waals surface area contributed by atoms with E-state index in [0.29, 0.717) is 22.6 Å². The summed E-state index contributed by atoms with van der Waals surface area (Å²) in [5, 5.41) is 10.4. The topological polar surface area (TPSA) is 48.9 Å². The number of alkyl halides is 3. The molecule has 0 unspecified atom stereocenters. The Hall–Kier alpha value is -1.47. The summed E-state index contributed by atoms with van der Waals surface area (Å²) in [5.41, 5.74) is -0.110. The van der Waals surface area contributed by atoms with Crippen molar-refractivity contribution in [3.8, 4) is 0 Å². The largest absolute Gasteiger partial charge is 0.416 e. The molecule has 2 atom stereocenters. The van der Waals surface area contributed by atoms with Crippen LogP contribution in [0.4, 0.5) is 13.2 Å². The molecule has 1 aliphatic rings. The number of imidazole rings is 1. The lowest BCUT2D eigenvalue weighted by molar-refractivity contribution is -0.137. The van der Waals surface area contributed by atoms with Gasteiger partial charge in [0.15, 0.2) is 0 Å². The number of rotatable bonds is 2. The van der Waals surface area contributed by atoms with Crippen LogP contribution >= 0.6 is 11.8 Å². The number of thioether (sulfide) groups is 1. The van der Waals surface area contributed by atoms with Crippen molar-refractivity contribution >= 4 is 11.8 Å². The highest BCUT2D eigenvalue weighted by molar-refractivity contribution is 7.99. The van der Waals surface area contributed by atoms with E-state index in [2.05, 4.69) is 9.97 Å². The Bertz CT molecular complexity index is 628. The fourth-order valence-electron chi connectivity index (χ4n) is 2.45. The number of halogens is 3. The zero-order valence-electron chi connectivity index (χ0n) is 10.9. The van der Waals surface area contributed by atoms with E-state index in [-0.39, 0.29) is 5.92 Å². The molecule has 1 aromatic carbocycles. The summed E-state index contributed by atoms with van der Waals surface area (Å²) in [4.78, 5) is 7.61. The van der Waals surface area contributed by atoms with Gasteiger partial charge >= 0.3 is 6.18 Å². The van der Waals surface area contributed by atoms with Crippen LogP contribution in [0.25, 0.3) is 0 Å². The van der Waals surface area contributed by atoms with Crippen LogP contribution in [0.5, 0.6) is 0 Å². The first kappa shape index (κ1) is 14.5. The molecule has 0 saturated heterocycles. The second-order valence-electron chi connectivity index (χ2n) is 5.01. The molecule has 112 valence electrons. The third-order valence-corrected chi connectivity index (χ3v) is 4.83. The highest BCUT2D eigenvalue weighted by Crippen LogP contribution is 2.43. The molecule has 3 nitrogen and oxygen atoms in total. The molecule has 0 aliphatic carbocycles. The van der Waals surface area contributed by atoms with Crippen LogP contribution in [0.15, 0.2) is 35.5 Å². The first-order valence-corrected chi connectivity index (χ1v) is 7.44. The van der Waals surface area contributed by atoms with Gasteiger partial charge in [0.2, 0.25) is 0 Å². The van der Waals surface area contributed by atoms with E-state index in [4.69, 9.17) is 0 Å². The molecule has 21 heavy (non-hydrogen) atoms. The molecular weight excluding hydrogens is 301 g/mol. The Morgan fingerprint density at radius 3 is 2.86 bits per heavy atom. The van der Waals surface area contributed by atoms with Crippen LogP contribution in [0.3, 0.4) is 0 Å². The zero-order chi connectivity index (χ0) is 15.0. The van der Waals surface area contributed by atoms with Gasteiger partial charge in [-0.25, -0.2) is 4.98 Å². The van der Waals surface area contributed by atoms with E-state index < -0.39 is 17.8 Å². The number of aliphatic hydroxyl groups excluding tert-OH is 1. The average Bonchev–Trinajstić information content (AvgIpc) is 2.93. The first-order valence-electron chi connectivity index (χ1n) is 6.45. The predicted molar refractivity (Wildman–Crippen MR) is 72.9 cm³/mol. The van der Waals surface area contributed by atoms with Crippen molar-refractivity contribution in [2.24, 2.45) is 5.92 Å². The van der Waals surface area contributed by atoms with Crippen molar-refractivity contribution in [2.45, 2.75) is 23.6 Å². The third kappa shape index (κ3) is 2.94. The molecule has 0 bridgehead atoms. The Labute approximate surface area is 123 Å². The molecule has 0 fully saturated rings. The number of hydrogen-bond donors (Lipinski definition) is 2. The fourth-order valence-corrected chi connectivity index (χ4v) is 3.71. The third-order valence-electron chi connectivity index (χ3n) is 3.57. The summed E-state index contributed by atoms with van der Waals surface area (Å²) >= 11 is 1.35. The zero-order valence-corrected chi connectivity index (χ0v) is 11.7. The van der Waals surface area contributed by atoms with E-state index in [0.717, 1.165) is 18.0 Å². The average molecular weight is 314 g/mol. The molecule has 2 aromatic rings. The van der Waals surface area contributed by atoms with Gasteiger partial charge in [-0.3, -0.25) is 0 Å². The van der Waals surface area contributed by atoms with Crippen molar-refractivity contribution in [1.29, 1.82) is 0 Å². The van der Waals surface area contributed by atoms with Gasteiger partial charge in [0.05, 0.1) is 11.7 Å². The second-order valence-corrected chi connectivity index (χ2v) is 6.07.